The monoisotopic (exact) mass is 157 g/mol. The van der Waals surface area contributed by atoms with Crippen LogP contribution >= 0.6 is 0 Å². The second kappa shape index (κ2) is 3.09. The van der Waals surface area contributed by atoms with Crippen LogP contribution in [0.15, 0.2) is 0 Å². The first-order valence-electron chi connectivity index (χ1n) is 4.44. The van der Waals surface area contributed by atoms with Crippen LogP contribution in [0.1, 0.15) is 25.7 Å². The molecule has 3 heteroatoms. The Morgan fingerprint density at radius 3 is 3.09 bits per heavy atom. The van der Waals surface area contributed by atoms with Crippen molar-refractivity contribution in [1.29, 1.82) is 0 Å². The summed E-state index contributed by atoms with van der Waals surface area (Å²) in [6, 6.07) is 0.598. The molecule has 11 heavy (non-hydrogen) atoms. The largest absolute Gasteiger partial charge is 0.394 e. The SMILES string of the molecule is OC[C@H]1C[C@H]2CCCCN2O1. The third-order valence-electron chi connectivity index (χ3n) is 2.60. The van der Waals surface area contributed by atoms with Crippen molar-refractivity contribution in [3.63, 3.8) is 0 Å². The van der Waals surface area contributed by atoms with E-state index in [-0.39, 0.29) is 12.7 Å². The molecule has 2 heterocycles. The van der Waals surface area contributed by atoms with Crippen molar-refractivity contribution in [2.24, 2.45) is 0 Å². The van der Waals surface area contributed by atoms with Gasteiger partial charge < -0.3 is 5.11 Å². The quantitative estimate of drug-likeness (QED) is 0.603. The van der Waals surface area contributed by atoms with E-state index in [2.05, 4.69) is 5.06 Å². The van der Waals surface area contributed by atoms with Gasteiger partial charge in [-0.2, -0.15) is 5.06 Å². The number of hydrogen-bond acceptors (Lipinski definition) is 3. The van der Waals surface area contributed by atoms with Gasteiger partial charge in [0.1, 0.15) is 6.10 Å². The van der Waals surface area contributed by atoms with Crippen molar-refractivity contribution in [1.82, 2.24) is 5.06 Å². The first-order valence-corrected chi connectivity index (χ1v) is 4.44. The third-order valence-corrected chi connectivity index (χ3v) is 2.60. The molecule has 0 spiro atoms. The lowest BCUT2D eigenvalue weighted by atomic mass is 10.0. The molecule has 2 aliphatic rings. The molecule has 2 atom stereocenters. The summed E-state index contributed by atoms with van der Waals surface area (Å²) in [5.41, 5.74) is 0. The molecule has 64 valence electrons. The zero-order valence-electron chi connectivity index (χ0n) is 6.70. The second-order valence-corrected chi connectivity index (χ2v) is 3.44. The van der Waals surface area contributed by atoms with E-state index in [1.807, 2.05) is 0 Å². The zero-order chi connectivity index (χ0) is 7.68. The molecule has 3 nitrogen and oxygen atoms in total. The Morgan fingerprint density at radius 1 is 1.45 bits per heavy atom. The number of nitrogens with zero attached hydrogens (tertiary/aromatic N) is 1. The first kappa shape index (κ1) is 7.53. The van der Waals surface area contributed by atoms with Gasteiger partial charge in [0.2, 0.25) is 0 Å². The molecule has 2 rings (SSSR count). The maximum atomic E-state index is 8.86. The van der Waals surface area contributed by atoms with E-state index < -0.39 is 0 Å². The van der Waals surface area contributed by atoms with Gasteiger partial charge in [0, 0.05) is 12.6 Å². The number of hydrogen-bond donors (Lipinski definition) is 1. The predicted octanol–water partition coefficient (Wildman–Crippen LogP) is 0.537. The number of aliphatic hydroxyl groups is 1. The molecule has 2 aliphatic heterocycles. The summed E-state index contributed by atoms with van der Waals surface area (Å²) >= 11 is 0. The molecule has 0 radical (unpaired) electrons. The van der Waals surface area contributed by atoms with E-state index in [4.69, 9.17) is 9.94 Å². The molecule has 0 bridgehead atoms. The van der Waals surface area contributed by atoms with Crippen molar-refractivity contribution >= 4 is 0 Å². The van der Waals surface area contributed by atoms with Gasteiger partial charge in [0.25, 0.3) is 0 Å². The van der Waals surface area contributed by atoms with Crippen LogP contribution in [0, 0.1) is 0 Å². The highest BCUT2D eigenvalue weighted by molar-refractivity contribution is 4.80. The van der Waals surface area contributed by atoms with E-state index >= 15 is 0 Å². The third kappa shape index (κ3) is 1.41. The highest BCUT2D eigenvalue weighted by Crippen LogP contribution is 2.28. The Morgan fingerprint density at radius 2 is 2.36 bits per heavy atom. The zero-order valence-corrected chi connectivity index (χ0v) is 6.70. The number of hydroxylamine groups is 2. The van der Waals surface area contributed by atoms with E-state index in [1.54, 1.807) is 0 Å². The van der Waals surface area contributed by atoms with E-state index in [9.17, 15) is 0 Å². The van der Waals surface area contributed by atoms with Crippen LogP contribution in [0.5, 0.6) is 0 Å². The fourth-order valence-corrected chi connectivity index (χ4v) is 1.99. The Bertz CT molecular complexity index is 126. The average Bonchev–Trinajstić information content (AvgIpc) is 2.46. The standard InChI is InChI=1S/C8H15NO2/c10-6-8-5-7-3-1-2-4-9(7)11-8/h7-8,10H,1-6H2/t7-,8-/m1/s1. The maximum absolute atomic E-state index is 8.86. The summed E-state index contributed by atoms with van der Waals surface area (Å²) < 4.78 is 0. The summed E-state index contributed by atoms with van der Waals surface area (Å²) in [6.45, 7) is 1.23. The van der Waals surface area contributed by atoms with Crippen molar-refractivity contribution in [2.75, 3.05) is 13.2 Å². The minimum absolute atomic E-state index is 0.0816. The van der Waals surface area contributed by atoms with E-state index in [0.717, 1.165) is 13.0 Å². The summed E-state index contributed by atoms with van der Waals surface area (Å²) in [5.74, 6) is 0. The van der Waals surface area contributed by atoms with Crippen molar-refractivity contribution in [3.8, 4) is 0 Å². The summed E-state index contributed by atoms with van der Waals surface area (Å²) in [6.07, 6.45) is 4.92. The Hall–Kier alpha value is -0.120. The topological polar surface area (TPSA) is 32.7 Å². The van der Waals surface area contributed by atoms with Gasteiger partial charge in [-0.05, 0) is 19.3 Å². The lowest BCUT2D eigenvalue weighted by molar-refractivity contribution is -0.178. The minimum atomic E-state index is 0.0816. The highest BCUT2D eigenvalue weighted by atomic mass is 16.7. The van der Waals surface area contributed by atoms with Gasteiger partial charge in [-0.25, -0.2) is 0 Å². The maximum Gasteiger partial charge on any atom is 0.104 e. The van der Waals surface area contributed by atoms with Gasteiger partial charge >= 0.3 is 0 Å². The first-order chi connectivity index (χ1) is 5.40. The normalized spacial score (nSPS) is 39.0. The molecule has 1 N–H and O–H groups in total. The summed E-state index contributed by atoms with van der Waals surface area (Å²) in [7, 11) is 0. The lowest BCUT2D eigenvalue weighted by Crippen LogP contribution is -2.33. The lowest BCUT2D eigenvalue weighted by Gasteiger charge is -2.26. The molecule has 0 aromatic carbocycles. The fraction of sp³-hybridized carbons (Fsp3) is 1.00. The second-order valence-electron chi connectivity index (χ2n) is 3.44. The molecule has 2 fully saturated rings. The number of rotatable bonds is 1. The smallest absolute Gasteiger partial charge is 0.104 e. The molecule has 0 aromatic rings. The average molecular weight is 157 g/mol. The van der Waals surface area contributed by atoms with Gasteiger partial charge in [-0.1, -0.05) is 6.42 Å². The minimum Gasteiger partial charge on any atom is -0.394 e. The van der Waals surface area contributed by atoms with Crippen LogP contribution in [0.4, 0.5) is 0 Å². The van der Waals surface area contributed by atoms with Crippen LogP contribution in [0.25, 0.3) is 0 Å². The highest BCUT2D eigenvalue weighted by Gasteiger charge is 2.34. The fourth-order valence-electron chi connectivity index (χ4n) is 1.99. The van der Waals surface area contributed by atoms with E-state index in [1.165, 1.54) is 19.3 Å². The summed E-state index contributed by atoms with van der Waals surface area (Å²) in [4.78, 5) is 5.50. The predicted molar refractivity (Wildman–Crippen MR) is 40.9 cm³/mol. The Balaban J connectivity index is 1.92. The molecule has 0 saturated carbocycles. The van der Waals surface area contributed by atoms with E-state index in [0.29, 0.717) is 6.04 Å². The van der Waals surface area contributed by atoms with Crippen molar-refractivity contribution in [3.05, 3.63) is 0 Å². The van der Waals surface area contributed by atoms with Gasteiger partial charge in [0.05, 0.1) is 6.61 Å². The molecule has 0 aliphatic carbocycles. The van der Waals surface area contributed by atoms with Gasteiger partial charge in [0.15, 0.2) is 0 Å². The van der Waals surface area contributed by atoms with Crippen molar-refractivity contribution in [2.45, 2.75) is 37.8 Å². The Labute approximate surface area is 66.9 Å². The van der Waals surface area contributed by atoms with Crippen LogP contribution in [0.2, 0.25) is 0 Å². The van der Waals surface area contributed by atoms with Crippen molar-refractivity contribution < 1.29 is 9.94 Å². The Kier molecular flexibility index (Phi) is 2.11. The molecular weight excluding hydrogens is 142 g/mol. The van der Waals surface area contributed by atoms with Crippen LogP contribution in [-0.4, -0.2) is 35.5 Å². The molecule has 0 unspecified atom stereocenters. The molecular formula is C8H15NO2. The van der Waals surface area contributed by atoms with Crippen LogP contribution in [-0.2, 0) is 4.84 Å². The number of fused-ring (bicyclic) bond motifs is 1. The molecule has 0 aromatic heterocycles. The van der Waals surface area contributed by atoms with Crippen LogP contribution < -0.4 is 0 Å². The van der Waals surface area contributed by atoms with Crippen LogP contribution in [0.3, 0.4) is 0 Å². The van der Waals surface area contributed by atoms with Gasteiger partial charge in [-0.3, -0.25) is 4.84 Å². The number of aliphatic hydroxyl groups excluding tert-OH is 1. The number of piperidine rings is 1. The molecule has 2 saturated heterocycles. The summed E-state index contributed by atoms with van der Waals surface area (Å²) in [5, 5.41) is 10.9. The van der Waals surface area contributed by atoms with Gasteiger partial charge in [-0.15, -0.1) is 0 Å². The molecule has 0 amide bonds.